The predicted octanol–water partition coefficient (Wildman–Crippen LogP) is -0.575. The van der Waals surface area contributed by atoms with Crippen molar-refractivity contribution in [2.24, 2.45) is 7.05 Å². The molecule has 0 aliphatic carbocycles. The number of nitrogens with one attached hydrogen (secondary N) is 1. The number of hydrogen-bond donors (Lipinski definition) is 1. The normalized spacial score (nSPS) is 15.2. The number of rotatable bonds is 4. The van der Waals surface area contributed by atoms with E-state index in [1.165, 1.54) is 11.8 Å². The van der Waals surface area contributed by atoms with Crippen molar-refractivity contribution in [1.82, 2.24) is 35.2 Å². The Kier molecular flexibility index (Phi) is 4.10. The van der Waals surface area contributed by atoms with E-state index in [2.05, 4.69) is 40.7 Å². The largest absolute Gasteiger partial charge is 0.378 e. The van der Waals surface area contributed by atoms with Crippen LogP contribution in [0.15, 0.2) is 10.3 Å². The number of aromatic nitrogens is 7. The van der Waals surface area contributed by atoms with E-state index in [9.17, 15) is 0 Å². The summed E-state index contributed by atoms with van der Waals surface area (Å²) < 4.78 is 6.92. The predicted molar refractivity (Wildman–Crippen MR) is 75.3 cm³/mol. The molecule has 112 valence electrons. The molecule has 0 radical (unpaired) electrons. The Labute approximate surface area is 125 Å². The molecular weight excluding hydrogens is 294 g/mol. The molecule has 1 aliphatic rings. The molecule has 10 nitrogen and oxygen atoms in total. The first-order valence-corrected chi connectivity index (χ1v) is 7.24. The zero-order chi connectivity index (χ0) is 14.7. The maximum Gasteiger partial charge on any atom is 0.231 e. The highest BCUT2D eigenvalue weighted by Crippen LogP contribution is 2.24. The van der Waals surface area contributed by atoms with Crippen LogP contribution in [-0.2, 0) is 11.8 Å². The van der Waals surface area contributed by atoms with Gasteiger partial charge in [-0.25, -0.2) is 4.68 Å². The second kappa shape index (κ2) is 6.18. The van der Waals surface area contributed by atoms with Gasteiger partial charge in [0.2, 0.25) is 22.2 Å². The highest BCUT2D eigenvalue weighted by molar-refractivity contribution is 7.99. The van der Waals surface area contributed by atoms with Crippen LogP contribution in [0.2, 0.25) is 0 Å². The summed E-state index contributed by atoms with van der Waals surface area (Å²) >= 11 is 1.30. The van der Waals surface area contributed by atoms with Gasteiger partial charge >= 0.3 is 0 Å². The first kappa shape index (κ1) is 13.9. The third-order valence-corrected chi connectivity index (χ3v) is 3.78. The first-order chi connectivity index (χ1) is 10.3. The van der Waals surface area contributed by atoms with Crippen LogP contribution in [0.3, 0.4) is 0 Å². The summed E-state index contributed by atoms with van der Waals surface area (Å²) in [5, 5.41) is 15.4. The lowest BCUT2D eigenvalue weighted by Crippen LogP contribution is -2.37. The van der Waals surface area contributed by atoms with E-state index in [-0.39, 0.29) is 0 Å². The molecule has 3 rings (SSSR count). The standard InChI is InChI=1S/C10H15N9OS/c1-11-7-12-8(19-3-5-20-6-4-19)14-9(13-7)21-10-15-16-17-18(10)2/h3-6H2,1-2H3,(H,11,12,13,14). The monoisotopic (exact) mass is 309 g/mol. The number of morpholine rings is 1. The van der Waals surface area contributed by atoms with Crippen LogP contribution in [0.1, 0.15) is 0 Å². The summed E-state index contributed by atoms with van der Waals surface area (Å²) in [6.45, 7) is 2.89. The summed E-state index contributed by atoms with van der Waals surface area (Å²) in [7, 11) is 3.54. The van der Waals surface area contributed by atoms with Crippen LogP contribution in [-0.4, -0.2) is 68.5 Å². The number of tetrazole rings is 1. The van der Waals surface area contributed by atoms with Crippen molar-refractivity contribution < 1.29 is 4.74 Å². The van der Waals surface area contributed by atoms with Crippen LogP contribution >= 0.6 is 11.8 Å². The summed E-state index contributed by atoms with van der Waals surface area (Å²) in [4.78, 5) is 15.3. The summed E-state index contributed by atoms with van der Waals surface area (Å²) in [5.41, 5.74) is 0. The van der Waals surface area contributed by atoms with Crippen molar-refractivity contribution in [2.75, 3.05) is 43.6 Å². The minimum atomic E-state index is 0.518. The molecule has 0 aromatic carbocycles. The fourth-order valence-corrected chi connectivity index (χ4v) is 2.47. The summed E-state index contributed by atoms with van der Waals surface area (Å²) in [6, 6.07) is 0. The number of anilines is 2. The van der Waals surface area contributed by atoms with Crippen molar-refractivity contribution in [2.45, 2.75) is 10.3 Å². The molecule has 21 heavy (non-hydrogen) atoms. The maximum absolute atomic E-state index is 5.35. The molecule has 11 heteroatoms. The Hall–Kier alpha value is -2.01. The van der Waals surface area contributed by atoms with Crippen molar-refractivity contribution in [3.05, 3.63) is 0 Å². The Morgan fingerprint density at radius 1 is 1.19 bits per heavy atom. The molecule has 1 saturated heterocycles. The maximum atomic E-state index is 5.35. The smallest absolute Gasteiger partial charge is 0.231 e. The summed E-state index contributed by atoms with van der Waals surface area (Å²) in [6.07, 6.45) is 0. The first-order valence-electron chi connectivity index (χ1n) is 6.43. The van der Waals surface area contributed by atoms with Crippen LogP contribution in [0.4, 0.5) is 11.9 Å². The van der Waals surface area contributed by atoms with Gasteiger partial charge in [-0.3, -0.25) is 0 Å². The van der Waals surface area contributed by atoms with Gasteiger partial charge in [-0.05, 0) is 22.2 Å². The van der Waals surface area contributed by atoms with Crippen molar-refractivity contribution in [1.29, 1.82) is 0 Å². The average Bonchev–Trinajstić information content (AvgIpc) is 2.93. The van der Waals surface area contributed by atoms with Crippen molar-refractivity contribution in [3.63, 3.8) is 0 Å². The summed E-state index contributed by atoms with van der Waals surface area (Å²) in [5.74, 6) is 1.15. The molecule has 0 bridgehead atoms. The quantitative estimate of drug-likeness (QED) is 0.788. The number of hydrogen-bond acceptors (Lipinski definition) is 10. The number of nitrogens with zero attached hydrogens (tertiary/aromatic N) is 8. The fraction of sp³-hybridized carbons (Fsp3) is 0.600. The topological polar surface area (TPSA) is 107 Å². The molecule has 0 saturated carbocycles. The Bertz CT molecular complexity index is 612. The van der Waals surface area contributed by atoms with E-state index < -0.39 is 0 Å². The third kappa shape index (κ3) is 3.19. The van der Waals surface area contributed by atoms with Gasteiger partial charge in [-0.15, -0.1) is 5.10 Å². The Balaban J connectivity index is 1.87. The molecular formula is C10H15N9OS. The van der Waals surface area contributed by atoms with E-state index in [4.69, 9.17) is 4.74 Å². The lowest BCUT2D eigenvalue weighted by atomic mass is 10.4. The zero-order valence-electron chi connectivity index (χ0n) is 11.7. The highest BCUT2D eigenvalue weighted by Gasteiger charge is 2.17. The molecule has 3 heterocycles. The van der Waals surface area contributed by atoms with E-state index in [0.29, 0.717) is 35.4 Å². The van der Waals surface area contributed by atoms with Gasteiger partial charge in [0, 0.05) is 27.2 Å². The second-order valence-corrected chi connectivity index (χ2v) is 5.21. The molecule has 0 amide bonds. The lowest BCUT2D eigenvalue weighted by Gasteiger charge is -2.26. The van der Waals surface area contributed by atoms with E-state index in [1.54, 1.807) is 18.8 Å². The molecule has 1 fully saturated rings. The van der Waals surface area contributed by atoms with Gasteiger partial charge < -0.3 is 15.0 Å². The number of ether oxygens (including phenoxy) is 1. The van der Waals surface area contributed by atoms with Crippen LogP contribution < -0.4 is 10.2 Å². The van der Waals surface area contributed by atoms with Gasteiger partial charge in [-0.1, -0.05) is 0 Å². The molecule has 1 N–H and O–H groups in total. The van der Waals surface area contributed by atoms with Crippen LogP contribution in [0, 0.1) is 0 Å². The molecule has 0 unspecified atom stereocenters. The number of aryl methyl sites for hydroxylation is 1. The molecule has 0 atom stereocenters. The van der Waals surface area contributed by atoms with Crippen LogP contribution in [0.5, 0.6) is 0 Å². The Morgan fingerprint density at radius 2 is 2.00 bits per heavy atom. The second-order valence-electron chi connectivity index (χ2n) is 4.28. The van der Waals surface area contributed by atoms with Crippen LogP contribution in [0.25, 0.3) is 0 Å². The average molecular weight is 309 g/mol. The van der Waals surface area contributed by atoms with Crippen molar-refractivity contribution in [3.8, 4) is 0 Å². The molecule has 2 aromatic heterocycles. The van der Waals surface area contributed by atoms with Gasteiger partial charge in [0.05, 0.1) is 13.2 Å². The fourth-order valence-electron chi connectivity index (χ4n) is 1.80. The SMILES string of the molecule is CNc1nc(Sc2nnnn2C)nc(N2CCOCC2)n1. The molecule has 2 aromatic rings. The Morgan fingerprint density at radius 3 is 2.67 bits per heavy atom. The van der Waals surface area contributed by atoms with Gasteiger partial charge in [0.15, 0.2) is 0 Å². The molecule has 0 spiro atoms. The van der Waals surface area contributed by atoms with Gasteiger partial charge in [-0.2, -0.15) is 15.0 Å². The van der Waals surface area contributed by atoms with Gasteiger partial charge in [0.25, 0.3) is 0 Å². The van der Waals surface area contributed by atoms with Crippen molar-refractivity contribution >= 4 is 23.7 Å². The van der Waals surface area contributed by atoms with Gasteiger partial charge in [0.1, 0.15) is 0 Å². The minimum Gasteiger partial charge on any atom is -0.378 e. The minimum absolute atomic E-state index is 0.518. The lowest BCUT2D eigenvalue weighted by molar-refractivity contribution is 0.122. The highest BCUT2D eigenvalue weighted by atomic mass is 32.2. The van der Waals surface area contributed by atoms with E-state index >= 15 is 0 Å². The third-order valence-electron chi connectivity index (χ3n) is 2.88. The van der Waals surface area contributed by atoms with E-state index in [0.717, 1.165) is 13.1 Å². The molecule has 1 aliphatic heterocycles. The zero-order valence-corrected chi connectivity index (χ0v) is 12.5. The van der Waals surface area contributed by atoms with E-state index in [1.807, 2.05) is 0 Å².